The Kier molecular flexibility index (Phi) is 2.86. The zero-order chi connectivity index (χ0) is 14.1. The van der Waals surface area contributed by atoms with Crippen LogP contribution < -0.4 is 4.74 Å². The van der Waals surface area contributed by atoms with Crippen molar-refractivity contribution in [2.75, 3.05) is 0 Å². The van der Waals surface area contributed by atoms with Gasteiger partial charge in [-0.15, -0.1) is 24.7 Å². The van der Waals surface area contributed by atoms with Gasteiger partial charge in [0.2, 0.25) is 0 Å². The van der Waals surface area contributed by atoms with Crippen LogP contribution in [0.2, 0.25) is 0 Å². The molecule has 0 unspecified atom stereocenters. The fraction of sp³-hybridized carbons (Fsp3) is 0.111. The molecule has 1 aliphatic heterocycles. The first-order valence-electron chi connectivity index (χ1n) is 6.28. The van der Waals surface area contributed by atoms with Gasteiger partial charge in [0.05, 0.1) is 5.56 Å². The SMILES string of the molecule is C#CCc1c(O)c(-c2ccccc2)c2c(c1CC#C)O2. The van der Waals surface area contributed by atoms with Crippen LogP contribution in [0.25, 0.3) is 11.1 Å². The summed E-state index contributed by atoms with van der Waals surface area (Å²) in [5, 5.41) is 10.6. The van der Waals surface area contributed by atoms with Crippen LogP contribution in [0.5, 0.6) is 17.2 Å². The fourth-order valence-corrected chi connectivity index (χ4v) is 2.43. The maximum absolute atomic E-state index is 10.6. The van der Waals surface area contributed by atoms with Crippen molar-refractivity contribution >= 4 is 0 Å². The van der Waals surface area contributed by atoms with Crippen molar-refractivity contribution in [2.24, 2.45) is 0 Å². The highest BCUT2D eigenvalue weighted by Gasteiger charge is 2.35. The normalized spacial score (nSPS) is 10.9. The number of rotatable bonds is 3. The van der Waals surface area contributed by atoms with Crippen molar-refractivity contribution in [3.05, 3.63) is 41.5 Å². The molecule has 1 N–H and O–H groups in total. The van der Waals surface area contributed by atoms with E-state index >= 15 is 0 Å². The van der Waals surface area contributed by atoms with Gasteiger partial charge in [-0.3, -0.25) is 0 Å². The number of fused-ring (bicyclic) bond motifs is 1. The number of terminal acetylenes is 2. The third-order valence-corrected chi connectivity index (χ3v) is 3.38. The third kappa shape index (κ3) is 1.79. The number of phenolic OH excluding ortho intramolecular Hbond substituents is 1. The van der Waals surface area contributed by atoms with E-state index in [-0.39, 0.29) is 5.75 Å². The molecule has 0 aromatic heterocycles. The lowest BCUT2D eigenvalue weighted by Gasteiger charge is -2.09. The fourth-order valence-electron chi connectivity index (χ4n) is 2.43. The van der Waals surface area contributed by atoms with Gasteiger partial charge < -0.3 is 9.84 Å². The molecule has 2 nitrogen and oxygen atoms in total. The summed E-state index contributed by atoms with van der Waals surface area (Å²) < 4.78 is 5.55. The van der Waals surface area contributed by atoms with Crippen LogP contribution in [0.3, 0.4) is 0 Å². The lowest BCUT2D eigenvalue weighted by Crippen LogP contribution is -1.92. The highest BCUT2D eigenvalue weighted by Crippen LogP contribution is 2.60. The Balaban J connectivity index is 2.24. The van der Waals surface area contributed by atoms with Gasteiger partial charge in [0.1, 0.15) is 5.75 Å². The van der Waals surface area contributed by atoms with Crippen LogP contribution in [-0.2, 0) is 12.8 Å². The summed E-state index contributed by atoms with van der Waals surface area (Å²) in [4.78, 5) is 0. The molecule has 0 aliphatic carbocycles. The molecule has 20 heavy (non-hydrogen) atoms. The van der Waals surface area contributed by atoms with Crippen molar-refractivity contribution < 1.29 is 9.84 Å². The monoisotopic (exact) mass is 260 g/mol. The van der Waals surface area contributed by atoms with Crippen LogP contribution in [0.15, 0.2) is 30.3 Å². The zero-order valence-corrected chi connectivity index (χ0v) is 10.8. The van der Waals surface area contributed by atoms with Gasteiger partial charge in [-0.2, -0.15) is 0 Å². The van der Waals surface area contributed by atoms with E-state index in [1.54, 1.807) is 0 Å². The highest BCUT2D eigenvalue weighted by atomic mass is 16.6. The summed E-state index contributed by atoms with van der Waals surface area (Å²) in [6, 6.07) is 9.61. The Morgan fingerprint density at radius 3 is 2.25 bits per heavy atom. The Labute approximate surface area is 118 Å². The number of aromatic hydroxyl groups is 1. The molecule has 1 aliphatic rings. The second-order valence-corrected chi connectivity index (χ2v) is 4.57. The van der Waals surface area contributed by atoms with Crippen molar-refractivity contribution in [3.63, 3.8) is 0 Å². The van der Waals surface area contributed by atoms with E-state index < -0.39 is 0 Å². The Bertz CT molecular complexity index is 759. The summed E-state index contributed by atoms with van der Waals surface area (Å²) >= 11 is 0. The summed E-state index contributed by atoms with van der Waals surface area (Å²) in [5.41, 5.74) is 3.13. The highest BCUT2D eigenvalue weighted by molar-refractivity contribution is 5.88. The third-order valence-electron chi connectivity index (χ3n) is 3.38. The number of benzene rings is 2. The van der Waals surface area contributed by atoms with Gasteiger partial charge in [-0.05, 0) is 5.56 Å². The first kappa shape index (κ1) is 12.2. The topological polar surface area (TPSA) is 32.8 Å². The Morgan fingerprint density at radius 1 is 0.950 bits per heavy atom. The molecule has 96 valence electrons. The van der Waals surface area contributed by atoms with Crippen LogP contribution in [0, 0.1) is 24.7 Å². The minimum absolute atomic E-state index is 0.177. The molecule has 3 rings (SSSR count). The van der Waals surface area contributed by atoms with Gasteiger partial charge >= 0.3 is 0 Å². The first-order valence-corrected chi connectivity index (χ1v) is 6.28. The van der Waals surface area contributed by atoms with E-state index in [1.807, 2.05) is 30.3 Å². The standard InChI is InChI=1S/C18H12O2/c1-3-8-13-14(9-4-2)17-18(20-17)15(16(13)19)12-10-6-5-7-11-12/h1-2,5-7,10-11,19H,8-9H2. The predicted molar refractivity (Wildman–Crippen MR) is 78.7 cm³/mol. The Morgan fingerprint density at radius 2 is 1.60 bits per heavy atom. The average Bonchev–Trinajstić information content (AvgIpc) is 3.24. The number of phenols is 1. The van der Waals surface area contributed by atoms with E-state index in [0.717, 1.165) is 16.9 Å². The lowest BCUT2D eigenvalue weighted by molar-refractivity contribution is 0.471. The minimum atomic E-state index is 0.177. The quantitative estimate of drug-likeness (QED) is 0.577. The molecule has 2 heteroatoms. The van der Waals surface area contributed by atoms with E-state index in [1.165, 1.54) is 0 Å². The van der Waals surface area contributed by atoms with Crippen LogP contribution in [-0.4, -0.2) is 5.11 Å². The van der Waals surface area contributed by atoms with E-state index in [4.69, 9.17) is 17.6 Å². The first-order chi connectivity index (χ1) is 9.77. The molecule has 1 heterocycles. The average molecular weight is 260 g/mol. The van der Waals surface area contributed by atoms with E-state index in [0.29, 0.717) is 29.7 Å². The van der Waals surface area contributed by atoms with E-state index in [2.05, 4.69) is 11.8 Å². The Hall–Kier alpha value is -2.84. The number of hydrogen-bond acceptors (Lipinski definition) is 2. The number of hydrogen-bond donors (Lipinski definition) is 1. The lowest BCUT2D eigenvalue weighted by atomic mass is 9.94. The molecule has 0 saturated heterocycles. The summed E-state index contributed by atoms with van der Waals surface area (Å²) in [6.45, 7) is 0. The van der Waals surface area contributed by atoms with Crippen molar-refractivity contribution in [3.8, 4) is 53.1 Å². The molecule has 2 aromatic carbocycles. The zero-order valence-electron chi connectivity index (χ0n) is 10.8. The van der Waals surface area contributed by atoms with Crippen molar-refractivity contribution in [1.29, 1.82) is 0 Å². The van der Waals surface area contributed by atoms with Gasteiger partial charge in [-0.1, -0.05) is 30.3 Å². The van der Waals surface area contributed by atoms with Gasteiger partial charge in [0.25, 0.3) is 0 Å². The molecule has 0 amide bonds. The number of ether oxygens (including phenoxy) is 1. The summed E-state index contributed by atoms with van der Waals surface area (Å²) in [5.74, 6) is 6.81. The van der Waals surface area contributed by atoms with Gasteiger partial charge in [-0.25, -0.2) is 0 Å². The van der Waals surface area contributed by atoms with Crippen LogP contribution >= 0.6 is 0 Å². The molecule has 0 saturated carbocycles. The minimum Gasteiger partial charge on any atom is -0.507 e. The second-order valence-electron chi connectivity index (χ2n) is 4.57. The predicted octanol–water partition coefficient (Wildman–Crippen LogP) is 3.52. The summed E-state index contributed by atoms with van der Waals surface area (Å²) in [6.07, 6.45) is 11.5. The smallest absolute Gasteiger partial charge is 0.182 e. The van der Waals surface area contributed by atoms with Crippen LogP contribution in [0.1, 0.15) is 11.1 Å². The van der Waals surface area contributed by atoms with Crippen molar-refractivity contribution in [1.82, 2.24) is 0 Å². The van der Waals surface area contributed by atoms with Crippen LogP contribution in [0.4, 0.5) is 0 Å². The van der Waals surface area contributed by atoms with Crippen molar-refractivity contribution in [2.45, 2.75) is 12.8 Å². The molecule has 0 bridgehead atoms. The molecule has 0 spiro atoms. The summed E-state index contributed by atoms with van der Waals surface area (Å²) in [7, 11) is 0. The van der Waals surface area contributed by atoms with Gasteiger partial charge in [0.15, 0.2) is 11.5 Å². The molecular formula is C18H12O2. The maximum Gasteiger partial charge on any atom is 0.182 e. The molecule has 0 radical (unpaired) electrons. The molecule has 2 aromatic rings. The molecule has 0 atom stereocenters. The largest absolute Gasteiger partial charge is 0.507 e. The molecule has 0 fully saturated rings. The maximum atomic E-state index is 10.6. The molecular weight excluding hydrogens is 248 g/mol. The van der Waals surface area contributed by atoms with E-state index in [9.17, 15) is 5.11 Å². The van der Waals surface area contributed by atoms with Gasteiger partial charge in [0, 0.05) is 24.0 Å². The second kappa shape index (κ2) is 4.68.